The number of nitrogens with one attached hydrogen (secondary N) is 2. The predicted octanol–water partition coefficient (Wildman–Crippen LogP) is 4.23. The fraction of sp³-hybridized carbons (Fsp3) is 0.238. The average Bonchev–Trinajstić information content (AvgIpc) is 3.18. The van der Waals surface area contributed by atoms with Crippen LogP contribution in [0.25, 0.3) is 5.69 Å². The van der Waals surface area contributed by atoms with Crippen LogP contribution in [0.5, 0.6) is 0 Å². The van der Waals surface area contributed by atoms with Crippen molar-refractivity contribution in [2.24, 2.45) is 0 Å². The zero-order chi connectivity index (χ0) is 24.4. The molecule has 7 nitrogen and oxygen atoms in total. The number of carbonyl (C=O) groups excluding carboxylic acids is 1. The van der Waals surface area contributed by atoms with E-state index in [2.05, 4.69) is 10.4 Å². The normalized spacial score (nSPS) is 12.2. The number of hydrogen-bond acceptors (Lipinski definition) is 4. The van der Waals surface area contributed by atoms with Crippen molar-refractivity contribution in [3.8, 4) is 5.69 Å². The van der Waals surface area contributed by atoms with E-state index in [1.807, 2.05) is 13.8 Å². The highest BCUT2D eigenvalue weighted by molar-refractivity contribution is 7.89. The van der Waals surface area contributed by atoms with Gasteiger partial charge in [-0.15, -0.1) is 0 Å². The Morgan fingerprint density at radius 2 is 1.67 bits per heavy atom. The third-order valence-electron chi connectivity index (χ3n) is 4.55. The lowest BCUT2D eigenvalue weighted by molar-refractivity contribution is -0.121. The van der Waals surface area contributed by atoms with Crippen molar-refractivity contribution in [3.63, 3.8) is 0 Å². The SMILES string of the molecule is CC(C)c1c(C(=O)Nc2ccc(S(=O)(=O)NCC(F)(F)F)cc2)cnn1-c1ccc(F)cc1. The Bertz CT molecular complexity index is 1240. The van der Waals surface area contributed by atoms with Crippen LogP contribution >= 0.6 is 0 Å². The summed E-state index contributed by atoms with van der Waals surface area (Å²) in [5.41, 5.74) is 1.64. The number of amides is 1. The van der Waals surface area contributed by atoms with Gasteiger partial charge in [0.1, 0.15) is 12.4 Å². The van der Waals surface area contributed by atoms with Gasteiger partial charge in [0.2, 0.25) is 10.0 Å². The van der Waals surface area contributed by atoms with Crippen LogP contribution in [0.15, 0.2) is 59.6 Å². The molecule has 12 heteroatoms. The first-order valence-corrected chi connectivity index (χ1v) is 11.2. The first kappa shape index (κ1) is 24.4. The fourth-order valence-electron chi connectivity index (χ4n) is 3.05. The Labute approximate surface area is 187 Å². The second kappa shape index (κ2) is 9.32. The molecule has 2 N–H and O–H groups in total. The quantitative estimate of drug-likeness (QED) is 0.491. The monoisotopic (exact) mass is 484 g/mol. The van der Waals surface area contributed by atoms with Crippen molar-refractivity contribution in [1.82, 2.24) is 14.5 Å². The highest BCUT2D eigenvalue weighted by Gasteiger charge is 2.30. The molecule has 0 aliphatic carbocycles. The molecule has 0 spiro atoms. The minimum atomic E-state index is -4.69. The van der Waals surface area contributed by atoms with Crippen molar-refractivity contribution in [2.75, 3.05) is 11.9 Å². The molecule has 0 aliphatic heterocycles. The van der Waals surface area contributed by atoms with E-state index in [9.17, 15) is 30.8 Å². The van der Waals surface area contributed by atoms with Crippen molar-refractivity contribution in [2.45, 2.75) is 30.8 Å². The van der Waals surface area contributed by atoms with Gasteiger partial charge in [0.15, 0.2) is 0 Å². The van der Waals surface area contributed by atoms with Gasteiger partial charge in [0, 0.05) is 5.69 Å². The summed E-state index contributed by atoms with van der Waals surface area (Å²) in [6.07, 6.45) is -3.32. The summed E-state index contributed by atoms with van der Waals surface area (Å²) in [5, 5.41) is 6.86. The molecular weight excluding hydrogens is 464 g/mol. The van der Waals surface area contributed by atoms with Crippen molar-refractivity contribution in [3.05, 3.63) is 71.8 Å². The number of carbonyl (C=O) groups is 1. The smallest absolute Gasteiger partial charge is 0.322 e. The maximum absolute atomic E-state index is 13.2. The molecule has 1 heterocycles. The Balaban J connectivity index is 1.80. The van der Waals surface area contributed by atoms with Gasteiger partial charge in [-0.1, -0.05) is 13.8 Å². The maximum Gasteiger partial charge on any atom is 0.402 e. The van der Waals surface area contributed by atoms with Gasteiger partial charge in [-0.05, 0) is 54.4 Å². The molecule has 3 aromatic rings. The Morgan fingerprint density at radius 1 is 1.06 bits per heavy atom. The van der Waals surface area contributed by atoms with Crippen molar-refractivity contribution in [1.29, 1.82) is 0 Å². The van der Waals surface area contributed by atoms with Crippen LogP contribution < -0.4 is 10.0 Å². The van der Waals surface area contributed by atoms with Gasteiger partial charge in [-0.3, -0.25) is 4.79 Å². The molecule has 3 rings (SSSR count). The van der Waals surface area contributed by atoms with Gasteiger partial charge in [0.05, 0.1) is 28.0 Å². The van der Waals surface area contributed by atoms with E-state index in [-0.39, 0.29) is 22.1 Å². The predicted molar refractivity (Wildman–Crippen MR) is 113 cm³/mol. The summed E-state index contributed by atoms with van der Waals surface area (Å²) in [7, 11) is -4.36. The van der Waals surface area contributed by atoms with Crippen LogP contribution in [-0.4, -0.2) is 36.8 Å². The van der Waals surface area contributed by atoms with Gasteiger partial charge < -0.3 is 5.32 Å². The first-order chi connectivity index (χ1) is 15.4. The number of alkyl halides is 3. The molecule has 0 aliphatic rings. The van der Waals surface area contributed by atoms with Crippen LogP contribution in [-0.2, 0) is 10.0 Å². The highest BCUT2D eigenvalue weighted by atomic mass is 32.2. The number of anilines is 1. The van der Waals surface area contributed by atoms with E-state index < -0.39 is 34.5 Å². The maximum atomic E-state index is 13.2. The van der Waals surface area contributed by atoms with E-state index in [1.54, 1.807) is 0 Å². The zero-order valence-electron chi connectivity index (χ0n) is 17.5. The minimum absolute atomic E-state index is 0.120. The van der Waals surface area contributed by atoms with E-state index in [4.69, 9.17) is 0 Å². The molecule has 0 fully saturated rings. The van der Waals surface area contributed by atoms with E-state index in [0.29, 0.717) is 11.4 Å². The van der Waals surface area contributed by atoms with E-state index in [1.165, 1.54) is 52.0 Å². The number of rotatable bonds is 7. The third-order valence-corrected chi connectivity index (χ3v) is 5.97. The van der Waals surface area contributed by atoms with Crippen LogP contribution in [0.1, 0.15) is 35.8 Å². The molecule has 1 amide bonds. The largest absolute Gasteiger partial charge is 0.402 e. The van der Waals surface area contributed by atoms with Crippen LogP contribution in [0.3, 0.4) is 0 Å². The molecule has 0 saturated heterocycles. The topological polar surface area (TPSA) is 93.1 Å². The van der Waals surface area contributed by atoms with Crippen LogP contribution in [0.4, 0.5) is 23.2 Å². The lowest BCUT2D eigenvalue weighted by Crippen LogP contribution is -2.33. The standard InChI is InChI=1S/C21H20F4N4O3S/c1-13(2)19-18(11-26-29(19)16-7-3-14(22)4-8-16)20(30)28-15-5-9-17(10-6-15)33(31,32)27-12-21(23,24)25/h3-11,13,27H,12H2,1-2H3,(H,28,30). The van der Waals surface area contributed by atoms with Gasteiger partial charge in [0.25, 0.3) is 5.91 Å². The molecule has 0 unspecified atom stereocenters. The Kier molecular flexibility index (Phi) is 6.89. The Morgan fingerprint density at radius 3 is 2.21 bits per heavy atom. The van der Waals surface area contributed by atoms with Gasteiger partial charge >= 0.3 is 6.18 Å². The van der Waals surface area contributed by atoms with Crippen LogP contribution in [0, 0.1) is 5.82 Å². The summed E-state index contributed by atoms with van der Waals surface area (Å²) >= 11 is 0. The van der Waals surface area contributed by atoms with E-state index >= 15 is 0 Å². The molecule has 0 atom stereocenters. The molecule has 2 aromatic carbocycles. The summed E-state index contributed by atoms with van der Waals surface area (Å²) in [6, 6.07) is 10.3. The molecule has 176 valence electrons. The summed E-state index contributed by atoms with van der Waals surface area (Å²) in [4.78, 5) is 12.5. The number of nitrogens with zero attached hydrogens (tertiary/aromatic N) is 2. The third kappa shape index (κ3) is 5.96. The summed E-state index contributed by atoms with van der Waals surface area (Å²) in [6.45, 7) is 2.03. The first-order valence-electron chi connectivity index (χ1n) is 9.69. The average molecular weight is 484 g/mol. The summed E-state index contributed by atoms with van der Waals surface area (Å²) in [5.74, 6) is -1.04. The van der Waals surface area contributed by atoms with E-state index in [0.717, 1.165) is 12.1 Å². The highest BCUT2D eigenvalue weighted by Crippen LogP contribution is 2.25. The molecule has 1 aromatic heterocycles. The number of aromatic nitrogens is 2. The fourth-order valence-corrected chi connectivity index (χ4v) is 4.07. The minimum Gasteiger partial charge on any atom is -0.322 e. The number of benzene rings is 2. The lowest BCUT2D eigenvalue weighted by Gasteiger charge is -2.13. The second-order valence-electron chi connectivity index (χ2n) is 7.40. The lowest BCUT2D eigenvalue weighted by atomic mass is 10.0. The molecule has 33 heavy (non-hydrogen) atoms. The van der Waals surface area contributed by atoms with Gasteiger partial charge in [-0.2, -0.15) is 18.3 Å². The molecule has 0 bridgehead atoms. The summed E-state index contributed by atoms with van der Waals surface area (Å²) < 4.78 is 77.1. The molecule has 0 saturated carbocycles. The number of hydrogen-bond donors (Lipinski definition) is 2. The second-order valence-corrected chi connectivity index (χ2v) is 9.17. The number of sulfonamides is 1. The zero-order valence-corrected chi connectivity index (χ0v) is 18.3. The van der Waals surface area contributed by atoms with Crippen molar-refractivity contribution >= 4 is 21.6 Å². The van der Waals surface area contributed by atoms with Gasteiger partial charge in [-0.25, -0.2) is 22.2 Å². The molecule has 0 radical (unpaired) electrons. The van der Waals surface area contributed by atoms with Crippen LogP contribution in [0.2, 0.25) is 0 Å². The molecular formula is C21H20F4N4O3S. The van der Waals surface area contributed by atoms with Crippen molar-refractivity contribution < 1.29 is 30.8 Å². The number of halogens is 4. The Hall–Kier alpha value is -3.25.